The van der Waals surface area contributed by atoms with Crippen LogP contribution in [0.4, 0.5) is 0 Å². The van der Waals surface area contributed by atoms with Gasteiger partial charge in [-0.15, -0.1) is 0 Å². The molecule has 0 saturated heterocycles. The van der Waals surface area contributed by atoms with Crippen LogP contribution in [0.3, 0.4) is 0 Å². The fourth-order valence-corrected chi connectivity index (χ4v) is 0.861. The predicted octanol–water partition coefficient (Wildman–Crippen LogP) is 1.11. The molecule has 0 radical (unpaired) electrons. The summed E-state index contributed by atoms with van der Waals surface area (Å²) in [6.45, 7) is 0. The highest BCUT2D eigenvalue weighted by Gasteiger charge is 2.14. The first-order chi connectivity index (χ1) is 8.89. The van der Waals surface area contributed by atoms with Gasteiger partial charge in [0.15, 0.2) is 11.5 Å². The highest BCUT2D eigenvalue weighted by atomic mass is 16.5. The SMILES string of the molecule is [2H]C([2H])([2H])Oc1cc(C(=O)O)cc(OC([2H])([2H])[2H])c1O. The van der Waals surface area contributed by atoms with Gasteiger partial charge in [-0.3, -0.25) is 0 Å². The van der Waals surface area contributed by atoms with Gasteiger partial charge in [0.25, 0.3) is 0 Å². The summed E-state index contributed by atoms with van der Waals surface area (Å²) in [7, 11) is -5.91. The lowest BCUT2D eigenvalue weighted by Gasteiger charge is -2.08. The lowest BCUT2D eigenvalue weighted by molar-refractivity contribution is 0.0696. The molecular weight excluding hydrogens is 188 g/mol. The van der Waals surface area contributed by atoms with E-state index in [1.807, 2.05) is 0 Å². The van der Waals surface area contributed by atoms with Crippen LogP contribution in [-0.2, 0) is 0 Å². The minimum atomic E-state index is -2.95. The van der Waals surface area contributed by atoms with Crippen LogP contribution in [-0.4, -0.2) is 30.3 Å². The molecule has 1 aromatic carbocycles. The Bertz CT molecular complexity index is 484. The fourth-order valence-electron chi connectivity index (χ4n) is 0.861. The predicted molar refractivity (Wildman–Crippen MR) is 48.2 cm³/mol. The number of rotatable bonds is 3. The lowest BCUT2D eigenvalue weighted by atomic mass is 10.2. The minimum Gasteiger partial charge on any atom is -0.502 e. The van der Waals surface area contributed by atoms with Crippen molar-refractivity contribution in [2.24, 2.45) is 0 Å². The van der Waals surface area contributed by atoms with E-state index in [1.54, 1.807) is 0 Å². The van der Waals surface area contributed by atoms with Crippen molar-refractivity contribution in [3.8, 4) is 17.2 Å². The second-order valence-corrected chi connectivity index (χ2v) is 2.33. The van der Waals surface area contributed by atoms with Crippen LogP contribution in [0.1, 0.15) is 18.6 Å². The molecule has 0 unspecified atom stereocenters. The number of hydrogen-bond donors (Lipinski definition) is 2. The standard InChI is InChI=1S/C9H10O5/c1-13-6-3-5(9(11)12)4-7(14-2)8(6)10/h3-4,10H,1-2H3,(H,11,12)/i1D3,2D3. The number of methoxy groups -OCH3 is 2. The van der Waals surface area contributed by atoms with E-state index in [-0.39, 0.29) is 0 Å². The summed E-state index contributed by atoms with van der Waals surface area (Å²) in [6, 6.07) is 1.49. The summed E-state index contributed by atoms with van der Waals surface area (Å²) in [6.07, 6.45) is 0. The van der Waals surface area contributed by atoms with Gasteiger partial charge in [-0.2, -0.15) is 0 Å². The monoisotopic (exact) mass is 204 g/mol. The van der Waals surface area contributed by atoms with Crippen LogP contribution in [0.15, 0.2) is 12.1 Å². The minimum absolute atomic E-state index is 0.499. The van der Waals surface area contributed by atoms with E-state index >= 15 is 0 Å². The number of benzene rings is 1. The van der Waals surface area contributed by atoms with Crippen molar-refractivity contribution in [3.63, 3.8) is 0 Å². The number of carbonyl (C=O) groups is 1. The third kappa shape index (κ3) is 1.71. The maximum absolute atomic E-state index is 10.9. The summed E-state index contributed by atoms with van der Waals surface area (Å²) in [5.74, 6) is -3.83. The summed E-state index contributed by atoms with van der Waals surface area (Å²) in [4.78, 5) is 10.9. The Kier molecular flexibility index (Phi) is 1.25. The van der Waals surface area contributed by atoms with Gasteiger partial charge < -0.3 is 19.7 Å². The molecule has 0 spiro atoms. The third-order valence-electron chi connectivity index (χ3n) is 1.51. The normalized spacial score (nSPS) is 17.7. The van der Waals surface area contributed by atoms with E-state index in [1.165, 1.54) is 0 Å². The van der Waals surface area contributed by atoms with Crippen LogP contribution in [0.2, 0.25) is 0 Å². The highest BCUT2D eigenvalue weighted by molar-refractivity contribution is 5.89. The van der Waals surface area contributed by atoms with E-state index in [4.69, 9.17) is 13.3 Å². The Morgan fingerprint density at radius 2 is 1.86 bits per heavy atom. The number of phenolic OH excluding ortho intramolecular Hbond substituents is 1. The van der Waals surface area contributed by atoms with Gasteiger partial charge in [0.05, 0.1) is 27.9 Å². The molecule has 1 aromatic rings. The number of hydrogen-bond acceptors (Lipinski definition) is 4. The van der Waals surface area contributed by atoms with Gasteiger partial charge in [-0.1, -0.05) is 0 Å². The summed E-state index contributed by atoms with van der Waals surface area (Å²) < 4.78 is 50.2. The zero-order valence-electron chi connectivity index (χ0n) is 12.8. The summed E-state index contributed by atoms with van der Waals surface area (Å²) >= 11 is 0. The summed E-state index contributed by atoms with van der Waals surface area (Å²) in [5.41, 5.74) is -0.499. The van der Waals surface area contributed by atoms with E-state index < -0.39 is 42.9 Å². The molecule has 5 heteroatoms. The Morgan fingerprint density at radius 1 is 1.36 bits per heavy atom. The molecular formula is C9H10O5. The van der Waals surface area contributed by atoms with Gasteiger partial charge in [0.2, 0.25) is 5.75 Å². The second-order valence-electron chi connectivity index (χ2n) is 2.33. The number of aromatic hydroxyl groups is 1. The van der Waals surface area contributed by atoms with Gasteiger partial charge in [0, 0.05) is 0 Å². The first kappa shape index (κ1) is 4.54. The molecule has 2 N–H and O–H groups in total. The first-order valence-electron chi connectivity index (χ1n) is 6.37. The molecule has 0 aromatic heterocycles. The fraction of sp³-hybridized carbons (Fsp3) is 0.222. The largest absolute Gasteiger partial charge is 0.502 e. The van der Waals surface area contributed by atoms with E-state index in [2.05, 4.69) is 9.47 Å². The van der Waals surface area contributed by atoms with Crippen molar-refractivity contribution >= 4 is 5.97 Å². The molecule has 0 saturated carbocycles. The number of aromatic carboxylic acids is 1. The average molecular weight is 204 g/mol. The molecule has 0 amide bonds. The Hall–Kier alpha value is -1.91. The number of phenols is 1. The quantitative estimate of drug-likeness (QED) is 0.771. The molecule has 0 fully saturated rings. The average Bonchev–Trinajstić information content (AvgIpc) is 2.19. The smallest absolute Gasteiger partial charge is 0.335 e. The molecule has 0 aliphatic carbocycles. The number of carboxylic acid groups (broad SMARTS) is 1. The number of ether oxygens (including phenoxy) is 2. The molecule has 76 valence electrons. The van der Waals surface area contributed by atoms with Crippen LogP contribution in [0.25, 0.3) is 0 Å². The van der Waals surface area contributed by atoms with Gasteiger partial charge in [-0.05, 0) is 12.1 Å². The highest BCUT2D eigenvalue weighted by Crippen LogP contribution is 2.36. The second kappa shape index (κ2) is 3.87. The van der Waals surface area contributed by atoms with E-state index in [0.29, 0.717) is 0 Å². The zero-order valence-corrected chi connectivity index (χ0v) is 6.77. The maximum atomic E-state index is 10.9. The summed E-state index contributed by atoms with van der Waals surface area (Å²) in [5, 5.41) is 18.5. The van der Waals surface area contributed by atoms with Crippen LogP contribution >= 0.6 is 0 Å². The van der Waals surface area contributed by atoms with E-state index in [0.717, 1.165) is 12.1 Å². The Morgan fingerprint density at radius 3 is 2.21 bits per heavy atom. The van der Waals surface area contributed by atoms with Crippen molar-refractivity contribution in [1.29, 1.82) is 0 Å². The molecule has 14 heavy (non-hydrogen) atoms. The van der Waals surface area contributed by atoms with Crippen LogP contribution in [0, 0.1) is 0 Å². The topological polar surface area (TPSA) is 76.0 Å². The molecule has 1 rings (SSSR count). The molecule has 0 heterocycles. The molecule has 5 nitrogen and oxygen atoms in total. The van der Waals surface area contributed by atoms with Crippen molar-refractivity contribution in [2.45, 2.75) is 0 Å². The van der Waals surface area contributed by atoms with Gasteiger partial charge in [-0.25, -0.2) is 4.79 Å². The van der Waals surface area contributed by atoms with Crippen molar-refractivity contribution in [3.05, 3.63) is 17.7 Å². The third-order valence-corrected chi connectivity index (χ3v) is 1.51. The molecule has 0 aliphatic rings. The Balaban J connectivity index is 3.33. The molecule has 0 aliphatic heterocycles. The van der Waals surface area contributed by atoms with Crippen molar-refractivity contribution in [1.82, 2.24) is 0 Å². The molecule has 0 bridgehead atoms. The van der Waals surface area contributed by atoms with Crippen molar-refractivity contribution in [2.75, 3.05) is 14.1 Å². The number of carboxylic acids is 1. The first-order valence-corrected chi connectivity index (χ1v) is 3.37. The molecule has 0 atom stereocenters. The van der Waals surface area contributed by atoms with Crippen LogP contribution in [0.5, 0.6) is 17.2 Å². The van der Waals surface area contributed by atoms with Gasteiger partial charge in [0.1, 0.15) is 0 Å². The van der Waals surface area contributed by atoms with Crippen molar-refractivity contribution < 1.29 is 32.7 Å². The maximum Gasteiger partial charge on any atom is 0.335 e. The lowest BCUT2D eigenvalue weighted by Crippen LogP contribution is -1.98. The van der Waals surface area contributed by atoms with E-state index in [9.17, 15) is 9.90 Å². The zero-order chi connectivity index (χ0) is 15.7. The van der Waals surface area contributed by atoms with Gasteiger partial charge >= 0.3 is 5.97 Å². The van der Waals surface area contributed by atoms with Crippen LogP contribution < -0.4 is 9.47 Å². The Labute approximate surface area is 88.9 Å².